The average Bonchev–Trinajstić information content (AvgIpc) is 2.47. The van der Waals surface area contributed by atoms with Crippen molar-refractivity contribution >= 4 is 34.9 Å². The van der Waals surface area contributed by atoms with E-state index in [9.17, 15) is 24.8 Å². The minimum absolute atomic E-state index is 0.138. The first-order valence-corrected chi connectivity index (χ1v) is 6.89. The number of nitro benzene ring substituents is 1. The fraction of sp³-hybridized carbons (Fsp3) is 0.286. The number of non-ortho nitro benzene ring substituents is 1. The Labute approximate surface area is 130 Å². The molecule has 7 nitrogen and oxygen atoms in total. The highest BCUT2D eigenvalue weighted by Gasteiger charge is 2.36. The number of nitrogens with zero attached hydrogens (tertiary/aromatic N) is 1. The maximum atomic E-state index is 12.3. The Balaban J connectivity index is 2.17. The first-order chi connectivity index (χ1) is 10.4. The largest absolute Gasteiger partial charge is 0.481 e. The summed E-state index contributed by atoms with van der Waals surface area (Å²) in [6, 6.07) is 5.46. The second-order valence-corrected chi connectivity index (χ2v) is 5.42. The average molecular weight is 325 g/mol. The summed E-state index contributed by atoms with van der Waals surface area (Å²) < 4.78 is 0. The van der Waals surface area contributed by atoms with E-state index in [1.165, 1.54) is 24.3 Å². The van der Waals surface area contributed by atoms with Gasteiger partial charge < -0.3 is 10.4 Å². The molecule has 1 aromatic rings. The standard InChI is InChI=1S/C14H13ClN2O5/c15-8-4-5-11(14(19)20)12(6-8)13(18)16-9-2-1-3-10(7-9)17(21)22/h1-4,7,11-12H,5-6H2,(H,16,18)(H,19,20)/t11-,12-/m1/s1. The van der Waals surface area contributed by atoms with E-state index < -0.39 is 28.6 Å². The molecule has 1 amide bonds. The summed E-state index contributed by atoms with van der Waals surface area (Å²) in [7, 11) is 0. The van der Waals surface area contributed by atoms with Crippen LogP contribution in [0.1, 0.15) is 12.8 Å². The Kier molecular flexibility index (Phi) is 4.77. The topological polar surface area (TPSA) is 110 Å². The fourth-order valence-electron chi connectivity index (χ4n) is 2.34. The molecule has 22 heavy (non-hydrogen) atoms. The van der Waals surface area contributed by atoms with E-state index in [0.717, 1.165) is 0 Å². The van der Waals surface area contributed by atoms with Gasteiger partial charge in [0.25, 0.3) is 5.69 Å². The third kappa shape index (κ3) is 3.62. The van der Waals surface area contributed by atoms with Gasteiger partial charge in [-0.2, -0.15) is 0 Å². The number of nitro groups is 1. The molecular weight excluding hydrogens is 312 g/mol. The van der Waals surface area contributed by atoms with Gasteiger partial charge in [0.1, 0.15) is 0 Å². The van der Waals surface area contributed by atoms with E-state index in [4.69, 9.17) is 11.6 Å². The van der Waals surface area contributed by atoms with Gasteiger partial charge in [0.15, 0.2) is 0 Å². The van der Waals surface area contributed by atoms with Crippen LogP contribution in [0.15, 0.2) is 35.4 Å². The molecule has 2 atom stereocenters. The van der Waals surface area contributed by atoms with Gasteiger partial charge in [-0.1, -0.05) is 23.7 Å². The molecule has 1 aliphatic rings. The number of carboxylic acids is 1. The highest BCUT2D eigenvalue weighted by atomic mass is 35.5. The van der Waals surface area contributed by atoms with Gasteiger partial charge in [-0.05, 0) is 18.9 Å². The SMILES string of the molecule is O=C(O)[C@@H]1CC=C(Cl)C[C@H]1C(=O)Nc1cccc([N+](=O)[O-])c1. The van der Waals surface area contributed by atoms with E-state index in [1.54, 1.807) is 6.08 Å². The van der Waals surface area contributed by atoms with Gasteiger partial charge in [0.05, 0.1) is 16.8 Å². The van der Waals surface area contributed by atoms with Crippen LogP contribution in [-0.2, 0) is 9.59 Å². The Hall–Kier alpha value is -2.41. The molecule has 0 saturated carbocycles. The van der Waals surface area contributed by atoms with E-state index in [-0.39, 0.29) is 24.2 Å². The zero-order valence-corrected chi connectivity index (χ0v) is 12.1. The molecule has 0 saturated heterocycles. The van der Waals surface area contributed by atoms with E-state index in [2.05, 4.69) is 5.32 Å². The van der Waals surface area contributed by atoms with Crippen LogP contribution in [0.4, 0.5) is 11.4 Å². The highest BCUT2D eigenvalue weighted by molar-refractivity contribution is 6.29. The lowest BCUT2D eigenvalue weighted by Gasteiger charge is -2.25. The molecule has 0 unspecified atom stereocenters. The molecule has 0 spiro atoms. The maximum absolute atomic E-state index is 12.3. The predicted molar refractivity (Wildman–Crippen MR) is 79.5 cm³/mol. The van der Waals surface area contributed by atoms with Crippen LogP contribution < -0.4 is 5.32 Å². The van der Waals surface area contributed by atoms with Gasteiger partial charge in [0, 0.05) is 22.9 Å². The molecule has 116 valence electrons. The van der Waals surface area contributed by atoms with E-state index in [1.807, 2.05) is 0 Å². The molecule has 0 aromatic heterocycles. The number of aliphatic carboxylic acids is 1. The predicted octanol–water partition coefficient (Wildman–Crippen LogP) is 2.77. The number of benzene rings is 1. The molecule has 0 aliphatic heterocycles. The number of carbonyl (C=O) groups is 2. The smallest absolute Gasteiger partial charge is 0.307 e. The zero-order valence-electron chi connectivity index (χ0n) is 11.4. The lowest BCUT2D eigenvalue weighted by molar-refractivity contribution is -0.384. The summed E-state index contributed by atoms with van der Waals surface area (Å²) in [4.78, 5) is 33.7. The van der Waals surface area contributed by atoms with Gasteiger partial charge in [-0.15, -0.1) is 0 Å². The summed E-state index contributed by atoms with van der Waals surface area (Å²) in [5.41, 5.74) is 0.0863. The number of rotatable bonds is 4. The minimum atomic E-state index is -1.07. The molecule has 1 aliphatic carbocycles. The number of nitrogens with one attached hydrogen (secondary N) is 1. The van der Waals surface area contributed by atoms with Crippen molar-refractivity contribution < 1.29 is 19.6 Å². The number of halogens is 1. The third-order valence-electron chi connectivity index (χ3n) is 3.47. The van der Waals surface area contributed by atoms with Crippen LogP contribution in [-0.4, -0.2) is 21.9 Å². The van der Waals surface area contributed by atoms with Crippen LogP contribution in [0.3, 0.4) is 0 Å². The number of anilines is 1. The minimum Gasteiger partial charge on any atom is -0.481 e. The quantitative estimate of drug-likeness (QED) is 0.653. The molecule has 1 aromatic carbocycles. The van der Waals surface area contributed by atoms with Crippen LogP contribution in [0.25, 0.3) is 0 Å². The molecule has 0 fully saturated rings. The number of carboxylic acid groups (broad SMARTS) is 1. The molecular formula is C14H13ClN2O5. The summed E-state index contributed by atoms with van der Waals surface area (Å²) in [6.45, 7) is 0. The Bertz CT molecular complexity index is 658. The van der Waals surface area contributed by atoms with Gasteiger partial charge in [-0.3, -0.25) is 19.7 Å². The van der Waals surface area contributed by atoms with Crippen molar-refractivity contribution in [2.75, 3.05) is 5.32 Å². The van der Waals surface area contributed by atoms with Crippen molar-refractivity contribution in [3.05, 3.63) is 45.5 Å². The lowest BCUT2D eigenvalue weighted by Crippen LogP contribution is -2.35. The molecule has 0 radical (unpaired) electrons. The Morgan fingerprint density at radius 3 is 2.73 bits per heavy atom. The zero-order chi connectivity index (χ0) is 16.3. The third-order valence-corrected chi connectivity index (χ3v) is 3.78. The molecule has 8 heteroatoms. The summed E-state index contributed by atoms with van der Waals surface area (Å²) in [5, 5.41) is 22.9. The number of hydrogen-bond acceptors (Lipinski definition) is 4. The summed E-state index contributed by atoms with van der Waals surface area (Å²) >= 11 is 5.89. The summed E-state index contributed by atoms with van der Waals surface area (Å²) in [5.74, 6) is -3.26. The van der Waals surface area contributed by atoms with E-state index in [0.29, 0.717) is 5.03 Å². The fourth-order valence-corrected chi connectivity index (χ4v) is 2.59. The van der Waals surface area contributed by atoms with Crippen molar-refractivity contribution in [1.82, 2.24) is 0 Å². The van der Waals surface area contributed by atoms with Crippen molar-refractivity contribution in [1.29, 1.82) is 0 Å². The Morgan fingerprint density at radius 1 is 1.36 bits per heavy atom. The number of hydrogen-bond donors (Lipinski definition) is 2. The second kappa shape index (κ2) is 6.57. The monoisotopic (exact) mass is 324 g/mol. The molecule has 0 heterocycles. The normalized spacial score (nSPS) is 20.9. The van der Waals surface area contributed by atoms with Crippen LogP contribution in [0.2, 0.25) is 0 Å². The van der Waals surface area contributed by atoms with Crippen LogP contribution in [0.5, 0.6) is 0 Å². The Morgan fingerprint density at radius 2 is 2.09 bits per heavy atom. The number of allylic oxidation sites excluding steroid dienone is 2. The molecule has 2 rings (SSSR count). The first kappa shape index (κ1) is 16.0. The van der Waals surface area contributed by atoms with Crippen molar-refractivity contribution in [2.24, 2.45) is 11.8 Å². The van der Waals surface area contributed by atoms with Crippen LogP contribution in [0, 0.1) is 22.0 Å². The highest BCUT2D eigenvalue weighted by Crippen LogP contribution is 2.33. The molecule has 0 bridgehead atoms. The van der Waals surface area contributed by atoms with Gasteiger partial charge in [-0.25, -0.2) is 0 Å². The van der Waals surface area contributed by atoms with Crippen molar-refractivity contribution in [2.45, 2.75) is 12.8 Å². The van der Waals surface area contributed by atoms with E-state index >= 15 is 0 Å². The van der Waals surface area contributed by atoms with Gasteiger partial charge in [0.2, 0.25) is 5.91 Å². The second-order valence-electron chi connectivity index (χ2n) is 4.94. The van der Waals surface area contributed by atoms with Crippen LogP contribution >= 0.6 is 11.6 Å². The maximum Gasteiger partial charge on any atom is 0.307 e. The number of carbonyl (C=O) groups excluding carboxylic acids is 1. The number of amides is 1. The molecule has 2 N–H and O–H groups in total. The first-order valence-electron chi connectivity index (χ1n) is 6.51. The van der Waals surface area contributed by atoms with Crippen molar-refractivity contribution in [3.63, 3.8) is 0 Å². The summed E-state index contributed by atoms with van der Waals surface area (Å²) in [6.07, 6.45) is 1.91. The van der Waals surface area contributed by atoms with Gasteiger partial charge >= 0.3 is 5.97 Å². The lowest BCUT2D eigenvalue weighted by atomic mass is 9.82. The van der Waals surface area contributed by atoms with Crippen molar-refractivity contribution in [3.8, 4) is 0 Å².